The molecule has 0 spiro atoms. The van der Waals surface area contributed by atoms with Crippen LogP contribution in [0.15, 0.2) is 46.4 Å². The average molecular weight is 404 g/mol. The zero-order valence-electron chi connectivity index (χ0n) is 16.3. The van der Waals surface area contributed by atoms with E-state index in [1.54, 1.807) is 20.1 Å². The summed E-state index contributed by atoms with van der Waals surface area (Å²) in [5.74, 6) is 0. The van der Waals surface area contributed by atoms with Crippen molar-refractivity contribution >= 4 is 27.6 Å². The highest BCUT2D eigenvalue weighted by molar-refractivity contribution is 7.89. The van der Waals surface area contributed by atoms with E-state index in [0.29, 0.717) is 0 Å². The summed E-state index contributed by atoms with van der Waals surface area (Å²) in [5.41, 5.74) is 5.43. The SMILES string of the molecule is CCN(CC)S(=O)(=O)c1ccc(NN=Cc2ccc(C)cc2C)c([N+](=O)[O-])c1. The number of sulfonamides is 1. The minimum Gasteiger partial charge on any atom is -0.272 e. The van der Waals surface area contributed by atoms with E-state index in [0.717, 1.165) is 22.8 Å². The number of aryl methyl sites for hydroxylation is 2. The normalized spacial score (nSPS) is 11.9. The number of rotatable bonds is 8. The van der Waals surface area contributed by atoms with Crippen LogP contribution in [-0.2, 0) is 10.0 Å². The van der Waals surface area contributed by atoms with Crippen molar-refractivity contribution in [3.8, 4) is 0 Å². The molecule has 8 nitrogen and oxygen atoms in total. The second kappa shape index (κ2) is 8.94. The smallest absolute Gasteiger partial charge is 0.272 e. The van der Waals surface area contributed by atoms with Gasteiger partial charge in [0.1, 0.15) is 5.69 Å². The van der Waals surface area contributed by atoms with Crippen molar-refractivity contribution in [1.29, 1.82) is 0 Å². The zero-order chi connectivity index (χ0) is 20.9. The second-order valence-electron chi connectivity index (χ2n) is 6.26. The van der Waals surface area contributed by atoms with Crippen molar-refractivity contribution in [1.82, 2.24) is 4.31 Å². The summed E-state index contributed by atoms with van der Waals surface area (Å²) in [4.78, 5) is 10.7. The van der Waals surface area contributed by atoms with Gasteiger partial charge in [-0.05, 0) is 37.1 Å². The van der Waals surface area contributed by atoms with Crippen LogP contribution >= 0.6 is 0 Å². The number of anilines is 1. The Morgan fingerprint density at radius 3 is 2.39 bits per heavy atom. The Hall–Kier alpha value is -2.78. The van der Waals surface area contributed by atoms with Crippen molar-refractivity contribution in [2.45, 2.75) is 32.6 Å². The first-order valence-electron chi connectivity index (χ1n) is 8.85. The quantitative estimate of drug-likeness (QED) is 0.410. The van der Waals surface area contributed by atoms with Crippen molar-refractivity contribution in [2.24, 2.45) is 5.10 Å². The average Bonchev–Trinajstić information content (AvgIpc) is 2.64. The molecule has 0 bridgehead atoms. The number of benzene rings is 2. The predicted molar refractivity (Wildman–Crippen MR) is 110 cm³/mol. The standard InChI is InChI=1S/C19H24N4O4S/c1-5-22(6-2)28(26,27)17-9-10-18(19(12-17)23(24)25)21-20-13-16-8-7-14(3)11-15(16)4/h7-13,21H,5-6H2,1-4H3. The summed E-state index contributed by atoms with van der Waals surface area (Å²) < 4.78 is 26.4. The first-order valence-corrected chi connectivity index (χ1v) is 10.3. The van der Waals surface area contributed by atoms with E-state index in [1.165, 1.54) is 16.4 Å². The molecule has 2 rings (SSSR count). The molecule has 0 saturated carbocycles. The summed E-state index contributed by atoms with van der Waals surface area (Å²) in [7, 11) is -3.78. The van der Waals surface area contributed by atoms with E-state index in [4.69, 9.17) is 0 Å². The van der Waals surface area contributed by atoms with Gasteiger partial charge in [-0.25, -0.2) is 8.42 Å². The lowest BCUT2D eigenvalue weighted by atomic mass is 10.1. The van der Waals surface area contributed by atoms with Crippen molar-refractivity contribution < 1.29 is 13.3 Å². The summed E-state index contributed by atoms with van der Waals surface area (Å²) in [6.45, 7) is 7.94. The Morgan fingerprint density at radius 2 is 1.82 bits per heavy atom. The molecule has 0 heterocycles. The van der Waals surface area contributed by atoms with Gasteiger partial charge in [0.15, 0.2) is 0 Å². The highest BCUT2D eigenvalue weighted by Gasteiger charge is 2.25. The molecular formula is C19H24N4O4S. The van der Waals surface area contributed by atoms with Crippen LogP contribution in [0.4, 0.5) is 11.4 Å². The molecule has 28 heavy (non-hydrogen) atoms. The highest BCUT2D eigenvalue weighted by atomic mass is 32.2. The number of hydrogen-bond acceptors (Lipinski definition) is 6. The van der Waals surface area contributed by atoms with E-state index in [1.807, 2.05) is 32.0 Å². The third kappa shape index (κ3) is 4.73. The highest BCUT2D eigenvalue weighted by Crippen LogP contribution is 2.29. The molecule has 9 heteroatoms. The molecule has 0 radical (unpaired) electrons. The van der Waals surface area contributed by atoms with Gasteiger partial charge in [0.05, 0.1) is 16.0 Å². The van der Waals surface area contributed by atoms with E-state index in [-0.39, 0.29) is 29.4 Å². The number of nitro groups is 1. The summed E-state index contributed by atoms with van der Waals surface area (Å²) in [6, 6.07) is 9.62. The van der Waals surface area contributed by atoms with Crippen molar-refractivity contribution in [3.05, 3.63) is 63.2 Å². The molecule has 150 valence electrons. The molecule has 1 N–H and O–H groups in total. The van der Waals surface area contributed by atoms with Crippen LogP contribution in [0.1, 0.15) is 30.5 Å². The van der Waals surface area contributed by atoms with Gasteiger partial charge in [-0.3, -0.25) is 15.5 Å². The van der Waals surface area contributed by atoms with Crippen molar-refractivity contribution in [2.75, 3.05) is 18.5 Å². The molecule has 0 atom stereocenters. The van der Waals surface area contributed by atoms with E-state index >= 15 is 0 Å². The summed E-state index contributed by atoms with van der Waals surface area (Å²) >= 11 is 0. The number of nitrogens with zero attached hydrogens (tertiary/aromatic N) is 3. The van der Waals surface area contributed by atoms with Crippen LogP contribution in [-0.4, -0.2) is 37.0 Å². The maximum absolute atomic E-state index is 12.6. The zero-order valence-corrected chi connectivity index (χ0v) is 17.2. The Morgan fingerprint density at radius 1 is 1.14 bits per heavy atom. The molecule has 0 unspecified atom stereocenters. The van der Waals surface area contributed by atoms with Crippen LogP contribution in [0.2, 0.25) is 0 Å². The Bertz CT molecular complexity index is 999. The first-order chi connectivity index (χ1) is 13.2. The van der Waals surface area contributed by atoms with Gasteiger partial charge in [0.2, 0.25) is 10.0 Å². The predicted octanol–water partition coefficient (Wildman–Crippen LogP) is 3.69. The van der Waals surface area contributed by atoms with Gasteiger partial charge in [0, 0.05) is 19.2 Å². The maximum Gasteiger partial charge on any atom is 0.295 e. The molecule has 0 aliphatic carbocycles. The van der Waals surface area contributed by atoms with Crippen LogP contribution in [0.5, 0.6) is 0 Å². The van der Waals surface area contributed by atoms with Gasteiger partial charge in [-0.15, -0.1) is 0 Å². The van der Waals surface area contributed by atoms with E-state index in [9.17, 15) is 18.5 Å². The Kier molecular flexibility index (Phi) is 6.87. The van der Waals surface area contributed by atoms with E-state index in [2.05, 4.69) is 10.5 Å². The second-order valence-corrected chi connectivity index (χ2v) is 8.19. The monoisotopic (exact) mass is 404 g/mol. The number of hydrazone groups is 1. The lowest BCUT2D eigenvalue weighted by Gasteiger charge is -2.18. The van der Waals surface area contributed by atoms with Crippen LogP contribution in [0, 0.1) is 24.0 Å². The minimum absolute atomic E-state index is 0.115. The molecule has 0 fully saturated rings. The molecule has 0 amide bonds. The van der Waals surface area contributed by atoms with Gasteiger partial charge in [0.25, 0.3) is 5.69 Å². The number of nitro benzene ring substituents is 1. The van der Waals surface area contributed by atoms with Crippen LogP contribution in [0.3, 0.4) is 0 Å². The molecule has 0 aliphatic rings. The largest absolute Gasteiger partial charge is 0.295 e. The molecule has 0 saturated heterocycles. The summed E-state index contributed by atoms with van der Waals surface area (Å²) in [6.07, 6.45) is 1.57. The fraction of sp³-hybridized carbons (Fsp3) is 0.316. The lowest BCUT2D eigenvalue weighted by Crippen LogP contribution is -2.30. The van der Waals surface area contributed by atoms with Crippen LogP contribution in [0.25, 0.3) is 0 Å². The summed E-state index contributed by atoms with van der Waals surface area (Å²) in [5, 5.41) is 15.5. The Labute approximate surface area is 165 Å². The topological polar surface area (TPSA) is 105 Å². The van der Waals surface area contributed by atoms with Gasteiger partial charge in [-0.1, -0.05) is 37.6 Å². The molecule has 0 aromatic heterocycles. The molecule has 0 aliphatic heterocycles. The van der Waals surface area contributed by atoms with Crippen molar-refractivity contribution in [3.63, 3.8) is 0 Å². The maximum atomic E-state index is 12.6. The van der Waals surface area contributed by atoms with E-state index < -0.39 is 14.9 Å². The number of nitrogens with one attached hydrogen (secondary N) is 1. The first kappa shape index (κ1) is 21.5. The minimum atomic E-state index is -3.78. The fourth-order valence-electron chi connectivity index (χ4n) is 2.77. The van der Waals surface area contributed by atoms with Crippen LogP contribution < -0.4 is 5.43 Å². The third-order valence-electron chi connectivity index (χ3n) is 4.32. The molecular weight excluding hydrogens is 380 g/mol. The van der Waals surface area contributed by atoms with Gasteiger partial charge >= 0.3 is 0 Å². The Balaban J connectivity index is 2.33. The number of hydrogen-bond donors (Lipinski definition) is 1. The molecule has 2 aromatic carbocycles. The van der Waals surface area contributed by atoms with Gasteiger partial charge < -0.3 is 0 Å². The lowest BCUT2D eigenvalue weighted by molar-refractivity contribution is -0.384. The van der Waals surface area contributed by atoms with Gasteiger partial charge in [-0.2, -0.15) is 9.41 Å². The molecule has 2 aromatic rings. The fourth-order valence-corrected chi connectivity index (χ4v) is 4.25. The third-order valence-corrected chi connectivity index (χ3v) is 6.37.